The van der Waals surface area contributed by atoms with Crippen molar-refractivity contribution in [1.29, 1.82) is 0 Å². The number of ether oxygens (including phenoxy) is 3. The maximum absolute atomic E-state index is 12.7. The minimum Gasteiger partial charge on any atom is -0.493 e. The summed E-state index contributed by atoms with van der Waals surface area (Å²) in [7, 11) is 4.58. The molecule has 0 aliphatic carbocycles. The van der Waals surface area contributed by atoms with Crippen LogP contribution in [-0.2, 0) is 4.79 Å². The molecule has 170 valence electrons. The molecule has 2 amide bonds. The number of benzene rings is 3. The van der Waals surface area contributed by atoms with Gasteiger partial charge in [-0.1, -0.05) is 30.3 Å². The van der Waals surface area contributed by atoms with Gasteiger partial charge >= 0.3 is 0 Å². The molecule has 0 bridgehead atoms. The summed E-state index contributed by atoms with van der Waals surface area (Å²) in [5, 5.41) is 5.67. The van der Waals surface area contributed by atoms with E-state index in [-0.39, 0.29) is 11.8 Å². The van der Waals surface area contributed by atoms with Crippen molar-refractivity contribution in [3.8, 4) is 17.2 Å². The normalized spacial score (nSPS) is 10.5. The first-order chi connectivity index (χ1) is 16.0. The van der Waals surface area contributed by atoms with Gasteiger partial charge in [0.15, 0.2) is 11.5 Å². The number of carbonyl (C=O) groups is 2. The number of rotatable bonds is 8. The van der Waals surface area contributed by atoms with Gasteiger partial charge in [0.1, 0.15) is 0 Å². The van der Waals surface area contributed by atoms with Gasteiger partial charge in [-0.15, -0.1) is 0 Å². The van der Waals surface area contributed by atoms with Crippen molar-refractivity contribution in [2.24, 2.45) is 0 Å². The van der Waals surface area contributed by atoms with E-state index < -0.39 is 0 Å². The topological polar surface area (TPSA) is 85.9 Å². The van der Waals surface area contributed by atoms with Crippen LogP contribution in [0.3, 0.4) is 0 Å². The van der Waals surface area contributed by atoms with Crippen molar-refractivity contribution in [2.75, 3.05) is 32.0 Å². The van der Waals surface area contributed by atoms with Gasteiger partial charge in [-0.3, -0.25) is 9.59 Å². The first kappa shape index (κ1) is 23.4. The van der Waals surface area contributed by atoms with Crippen LogP contribution in [0.4, 0.5) is 11.4 Å². The predicted molar refractivity (Wildman–Crippen MR) is 129 cm³/mol. The van der Waals surface area contributed by atoms with Crippen LogP contribution in [0.5, 0.6) is 17.2 Å². The lowest BCUT2D eigenvalue weighted by atomic mass is 10.1. The van der Waals surface area contributed by atoms with E-state index in [4.69, 9.17) is 14.2 Å². The Labute approximate surface area is 193 Å². The summed E-state index contributed by atoms with van der Waals surface area (Å²) in [6.45, 7) is 1.87. The number of nitrogens with one attached hydrogen (secondary N) is 2. The highest BCUT2D eigenvalue weighted by Crippen LogP contribution is 2.38. The molecular weight excluding hydrogens is 420 g/mol. The number of aryl methyl sites for hydroxylation is 1. The Bertz CT molecular complexity index is 1160. The molecule has 7 heteroatoms. The van der Waals surface area contributed by atoms with Gasteiger partial charge in [0, 0.05) is 11.6 Å². The molecular formula is C26H26N2O5. The van der Waals surface area contributed by atoms with Crippen molar-refractivity contribution in [3.05, 3.63) is 83.4 Å². The highest BCUT2D eigenvalue weighted by molar-refractivity contribution is 6.09. The number of anilines is 2. The van der Waals surface area contributed by atoms with E-state index in [1.807, 2.05) is 25.1 Å². The lowest BCUT2D eigenvalue weighted by Gasteiger charge is -2.13. The molecule has 3 aromatic rings. The fraction of sp³-hybridized carbons (Fsp3) is 0.154. The first-order valence-corrected chi connectivity index (χ1v) is 10.2. The lowest BCUT2D eigenvalue weighted by Crippen LogP contribution is -2.16. The summed E-state index contributed by atoms with van der Waals surface area (Å²) in [5.41, 5.74) is 3.12. The van der Waals surface area contributed by atoms with Crippen molar-refractivity contribution in [2.45, 2.75) is 6.92 Å². The summed E-state index contributed by atoms with van der Waals surface area (Å²) >= 11 is 0. The zero-order valence-corrected chi connectivity index (χ0v) is 19.0. The lowest BCUT2D eigenvalue weighted by molar-refractivity contribution is -0.111. The number of carbonyl (C=O) groups excluding carboxylic acids is 2. The van der Waals surface area contributed by atoms with Crippen LogP contribution in [0.25, 0.3) is 6.08 Å². The molecule has 0 saturated carbocycles. The van der Waals surface area contributed by atoms with Crippen LogP contribution in [0.2, 0.25) is 0 Å². The van der Waals surface area contributed by atoms with Crippen molar-refractivity contribution >= 4 is 29.3 Å². The highest BCUT2D eigenvalue weighted by Gasteiger charge is 2.13. The van der Waals surface area contributed by atoms with Crippen LogP contribution >= 0.6 is 0 Å². The summed E-state index contributed by atoms with van der Waals surface area (Å²) in [4.78, 5) is 25.3. The standard InChI is InChI=1S/C26H26N2O5/c1-17-9-5-6-10-19(17)26(30)28-21-12-8-7-11-20(21)27-24(29)14-13-18-15-22(31-2)25(33-4)23(16-18)32-3/h5-16H,1-4H3,(H,27,29)(H,28,30). The van der Waals surface area contributed by atoms with E-state index in [0.717, 1.165) is 5.56 Å². The van der Waals surface area contributed by atoms with Crippen LogP contribution in [0.15, 0.2) is 66.7 Å². The number of hydrogen-bond acceptors (Lipinski definition) is 5. The SMILES string of the molecule is COc1cc(C=CC(=O)Nc2ccccc2NC(=O)c2ccccc2C)cc(OC)c1OC. The molecule has 0 unspecified atom stereocenters. The van der Waals surface area contributed by atoms with Gasteiger partial charge in [0.25, 0.3) is 5.91 Å². The smallest absolute Gasteiger partial charge is 0.255 e. The number of amides is 2. The molecule has 0 aromatic heterocycles. The maximum atomic E-state index is 12.7. The number of methoxy groups -OCH3 is 3. The predicted octanol–water partition coefficient (Wildman–Crippen LogP) is 4.93. The second-order valence-electron chi connectivity index (χ2n) is 7.10. The summed E-state index contributed by atoms with van der Waals surface area (Å²) < 4.78 is 16.0. The van der Waals surface area contributed by atoms with Gasteiger partial charge in [0.2, 0.25) is 11.7 Å². The maximum Gasteiger partial charge on any atom is 0.255 e. The molecule has 33 heavy (non-hydrogen) atoms. The van der Waals surface area contributed by atoms with Crippen LogP contribution in [0.1, 0.15) is 21.5 Å². The first-order valence-electron chi connectivity index (χ1n) is 10.2. The van der Waals surface area contributed by atoms with E-state index >= 15 is 0 Å². The molecule has 2 N–H and O–H groups in total. The molecule has 0 aliphatic heterocycles. The summed E-state index contributed by atoms with van der Waals surface area (Å²) in [6.07, 6.45) is 3.02. The van der Waals surface area contributed by atoms with Crippen molar-refractivity contribution in [3.63, 3.8) is 0 Å². The Morgan fingerprint density at radius 2 is 1.36 bits per heavy atom. The third-order valence-electron chi connectivity index (χ3n) is 4.94. The van der Waals surface area contributed by atoms with E-state index in [1.165, 1.54) is 27.4 Å². The molecule has 0 heterocycles. The Morgan fingerprint density at radius 3 is 1.94 bits per heavy atom. The zero-order chi connectivity index (χ0) is 23.8. The molecule has 0 radical (unpaired) electrons. The monoisotopic (exact) mass is 446 g/mol. The summed E-state index contributed by atoms with van der Waals surface area (Å²) in [5.74, 6) is 0.839. The van der Waals surface area contributed by atoms with E-state index in [9.17, 15) is 9.59 Å². The average molecular weight is 447 g/mol. The van der Waals surface area contributed by atoms with Gasteiger partial charge in [-0.25, -0.2) is 0 Å². The Kier molecular flexibility index (Phi) is 7.70. The van der Waals surface area contributed by atoms with Gasteiger partial charge < -0.3 is 24.8 Å². The van der Waals surface area contributed by atoms with Crippen LogP contribution in [0, 0.1) is 6.92 Å². The van der Waals surface area contributed by atoms with Crippen molar-refractivity contribution in [1.82, 2.24) is 0 Å². The van der Waals surface area contributed by atoms with E-state index in [0.29, 0.717) is 39.8 Å². The summed E-state index contributed by atoms with van der Waals surface area (Å²) in [6, 6.07) is 17.8. The fourth-order valence-corrected chi connectivity index (χ4v) is 3.26. The largest absolute Gasteiger partial charge is 0.493 e. The molecule has 0 atom stereocenters. The van der Waals surface area contributed by atoms with Crippen LogP contribution in [-0.4, -0.2) is 33.1 Å². The minimum atomic E-state index is -0.360. The third kappa shape index (κ3) is 5.71. The quantitative estimate of drug-likeness (QED) is 0.480. The molecule has 0 aliphatic rings. The van der Waals surface area contributed by atoms with Crippen molar-refractivity contribution < 1.29 is 23.8 Å². The molecule has 0 saturated heterocycles. The minimum absolute atomic E-state index is 0.247. The third-order valence-corrected chi connectivity index (χ3v) is 4.94. The average Bonchev–Trinajstić information content (AvgIpc) is 2.83. The van der Waals surface area contributed by atoms with Gasteiger partial charge in [-0.2, -0.15) is 0 Å². The van der Waals surface area contributed by atoms with E-state index in [2.05, 4.69) is 10.6 Å². The second-order valence-corrected chi connectivity index (χ2v) is 7.10. The Hall–Kier alpha value is -4.26. The Balaban J connectivity index is 1.76. The molecule has 0 spiro atoms. The van der Waals surface area contributed by atoms with Crippen LogP contribution < -0.4 is 24.8 Å². The van der Waals surface area contributed by atoms with E-state index in [1.54, 1.807) is 48.5 Å². The van der Waals surface area contributed by atoms with Gasteiger partial charge in [0.05, 0.1) is 32.7 Å². The Morgan fingerprint density at radius 1 is 0.788 bits per heavy atom. The molecule has 3 rings (SSSR count). The molecule has 3 aromatic carbocycles. The van der Waals surface area contributed by atoms with Gasteiger partial charge in [-0.05, 0) is 54.5 Å². The second kappa shape index (κ2) is 10.9. The number of para-hydroxylation sites is 2. The fourth-order valence-electron chi connectivity index (χ4n) is 3.26. The molecule has 7 nitrogen and oxygen atoms in total. The highest BCUT2D eigenvalue weighted by atomic mass is 16.5. The zero-order valence-electron chi connectivity index (χ0n) is 19.0. The molecule has 0 fully saturated rings. The number of hydrogen-bond donors (Lipinski definition) is 2.